The molecular formula is C26H26N4O8. The van der Waals surface area contributed by atoms with Crippen molar-refractivity contribution in [3.8, 4) is 5.75 Å². The number of nitrogens with one attached hydrogen (secondary N) is 2. The van der Waals surface area contributed by atoms with Gasteiger partial charge in [-0.2, -0.15) is 0 Å². The van der Waals surface area contributed by atoms with E-state index in [1.54, 1.807) is 36.4 Å². The van der Waals surface area contributed by atoms with Crippen LogP contribution in [0, 0.1) is 0 Å². The minimum atomic E-state index is -0.760. The summed E-state index contributed by atoms with van der Waals surface area (Å²) < 4.78 is 11.0. The highest BCUT2D eigenvalue weighted by atomic mass is 16.7. The minimum absolute atomic E-state index is 0.00633. The Labute approximate surface area is 217 Å². The number of para-hydroxylation sites is 3. The van der Waals surface area contributed by atoms with Crippen molar-refractivity contribution in [1.82, 2.24) is 10.4 Å². The Bertz CT molecular complexity index is 1260. The first-order valence-corrected chi connectivity index (χ1v) is 12.0. The Morgan fingerprint density at radius 2 is 1.71 bits per heavy atom. The number of aliphatic imine (C=N–C) groups is 1. The molecule has 2 N–H and O–H groups in total. The number of benzene rings is 2. The van der Waals surface area contributed by atoms with E-state index in [-0.39, 0.29) is 63.9 Å². The number of imide groups is 1. The zero-order chi connectivity index (χ0) is 26.9. The Balaban J connectivity index is 1.20. The summed E-state index contributed by atoms with van der Waals surface area (Å²) in [7, 11) is 0. The number of carbonyl (C=O) groups excluding carboxylic acids is 5. The maximum Gasteiger partial charge on any atom is 0.335 e. The molecule has 4 rings (SSSR count). The quantitative estimate of drug-likeness (QED) is 0.334. The summed E-state index contributed by atoms with van der Waals surface area (Å²) in [5, 5.41) is 5.96. The van der Waals surface area contributed by atoms with Gasteiger partial charge in [0.05, 0.1) is 43.1 Å². The first-order valence-electron chi connectivity index (χ1n) is 12.0. The van der Waals surface area contributed by atoms with Crippen LogP contribution in [0.5, 0.6) is 5.75 Å². The summed E-state index contributed by atoms with van der Waals surface area (Å²) >= 11 is 0. The highest BCUT2D eigenvalue weighted by molar-refractivity contribution is 6.17. The van der Waals surface area contributed by atoms with Crippen molar-refractivity contribution in [2.45, 2.75) is 25.7 Å². The lowest BCUT2D eigenvalue weighted by Gasteiger charge is -2.13. The largest absolute Gasteiger partial charge is 0.483 e. The van der Waals surface area contributed by atoms with Gasteiger partial charge >= 0.3 is 5.97 Å². The minimum Gasteiger partial charge on any atom is -0.483 e. The van der Waals surface area contributed by atoms with Gasteiger partial charge in [0.15, 0.2) is 6.61 Å². The Kier molecular flexibility index (Phi) is 8.77. The highest BCUT2D eigenvalue weighted by Crippen LogP contribution is 2.30. The van der Waals surface area contributed by atoms with Gasteiger partial charge in [0.1, 0.15) is 5.75 Å². The average molecular weight is 523 g/mol. The van der Waals surface area contributed by atoms with Crippen LogP contribution < -0.4 is 15.4 Å². The van der Waals surface area contributed by atoms with Crippen molar-refractivity contribution < 1.29 is 38.3 Å². The van der Waals surface area contributed by atoms with Gasteiger partial charge in [0, 0.05) is 24.9 Å². The topological polar surface area (TPSA) is 153 Å². The van der Waals surface area contributed by atoms with E-state index in [1.807, 2.05) is 12.1 Å². The van der Waals surface area contributed by atoms with Crippen LogP contribution in [-0.4, -0.2) is 66.7 Å². The second kappa shape index (κ2) is 12.6. The molecule has 0 aromatic heterocycles. The smallest absolute Gasteiger partial charge is 0.335 e. The molecule has 38 heavy (non-hydrogen) atoms. The highest BCUT2D eigenvalue weighted by Gasteiger charge is 2.32. The first kappa shape index (κ1) is 26.5. The number of carbonyl (C=O) groups is 5. The fraction of sp³-hybridized carbons (Fsp3) is 0.308. The maximum atomic E-state index is 12.4. The predicted octanol–water partition coefficient (Wildman–Crippen LogP) is 1.66. The molecule has 0 atom stereocenters. The van der Waals surface area contributed by atoms with E-state index in [4.69, 9.17) is 14.3 Å². The van der Waals surface area contributed by atoms with Crippen LogP contribution in [0.2, 0.25) is 0 Å². The number of rotatable bonds is 11. The lowest BCUT2D eigenvalue weighted by atomic mass is 10.1. The number of anilines is 1. The van der Waals surface area contributed by atoms with Crippen LogP contribution in [0.15, 0.2) is 53.5 Å². The van der Waals surface area contributed by atoms with Crippen molar-refractivity contribution in [2.24, 2.45) is 4.99 Å². The van der Waals surface area contributed by atoms with Crippen LogP contribution in [0.4, 0.5) is 11.4 Å². The number of nitrogens with zero attached hydrogens (tertiary/aromatic N) is 2. The molecule has 198 valence electrons. The van der Waals surface area contributed by atoms with Crippen molar-refractivity contribution in [3.05, 3.63) is 54.1 Å². The van der Waals surface area contributed by atoms with Gasteiger partial charge in [0.25, 0.3) is 17.7 Å². The normalized spacial score (nSPS) is 14.8. The first-order chi connectivity index (χ1) is 18.4. The number of hydrogen-bond acceptors (Lipinski definition) is 9. The van der Waals surface area contributed by atoms with E-state index in [0.29, 0.717) is 33.5 Å². The van der Waals surface area contributed by atoms with Gasteiger partial charge in [-0.1, -0.05) is 24.3 Å². The fourth-order valence-corrected chi connectivity index (χ4v) is 3.71. The zero-order valence-electron chi connectivity index (χ0n) is 20.4. The third-order valence-corrected chi connectivity index (χ3v) is 5.54. The van der Waals surface area contributed by atoms with E-state index in [2.05, 4.69) is 15.6 Å². The third kappa shape index (κ3) is 7.01. The van der Waals surface area contributed by atoms with Gasteiger partial charge < -0.3 is 24.9 Å². The third-order valence-electron chi connectivity index (χ3n) is 5.54. The van der Waals surface area contributed by atoms with Gasteiger partial charge in [-0.25, -0.2) is 9.79 Å². The Morgan fingerprint density at radius 3 is 2.53 bits per heavy atom. The van der Waals surface area contributed by atoms with Crippen molar-refractivity contribution in [2.75, 3.05) is 31.7 Å². The van der Waals surface area contributed by atoms with Crippen LogP contribution in [-0.2, 0) is 33.5 Å². The summed E-state index contributed by atoms with van der Waals surface area (Å²) in [6, 6.07) is 14.3. The maximum absolute atomic E-state index is 12.4. The predicted molar refractivity (Wildman–Crippen MR) is 133 cm³/mol. The Morgan fingerprint density at radius 1 is 0.974 bits per heavy atom. The van der Waals surface area contributed by atoms with Crippen molar-refractivity contribution in [3.63, 3.8) is 0 Å². The van der Waals surface area contributed by atoms with E-state index in [0.717, 1.165) is 0 Å². The van der Waals surface area contributed by atoms with Crippen LogP contribution in [0.3, 0.4) is 0 Å². The molecule has 4 amide bonds. The van der Waals surface area contributed by atoms with Gasteiger partial charge in [-0.3, -0.25) is 19.2 Å². The van der Waals surface area contributed by atoms with Crippen LogP contribution in [0.1, 0.15) is 31.2 Å². The molecule has 0 bridgehead atoms. The molecule has 2 aliphatic heterocycles. The van der Waals surface area contributed by atoms with Gasteiger partial charge in [-0.15, -0.1) is 5.06 Å². The van der Waals surface area contributed by atoms with Crippen molar-refractivity contribution >= 4 is 46.7 Å². The molecule has 1 saturated heterocycles. The van der Waals surface area contributed by atoms with E-state index >= 15 is 0 Å². The molecule has 0 spiro atoms. The molecule has 2 aromatic carbocycles. The number of fused-ring (bicyclic) bond motifs is 1. The van der Waals surface area contributed by atoms with E-state index in [9.17, 15) is 24.0 Å². The zero-order valence-corrected chi connectivity index (χ0v) is 20.4. The molecule has 2 aromatic rings. The molecule has 1 fully saturated rings. The number of hydroxylamine groups is 2. The summed E-state index contributed by atoms with van der Waals surface area (Å²) in [6.07, 6.45) is -0.0514. The Hall–Kier alpha value is -4.58. The number of hydrogen-bond donors (Lipinski definition) is 2. The molecule has 2 heterocycles. The molecule has 0 radical (unpaired) electrons. The lowest BCUT2D eigenvalue weighted by Crippen LogP contribution is -2.33. The summed E-state index contributed by atoms with van der Waals surface area (Å²) in [5.74, 6) is -2.03. The van der Waals surface area contributed by atoms with Gasteiger partial charge in [-0.05, 0) is 24.3 Å². The van der Waals surface area contributed by atoms with E-state index < -0.39 is 17.8 Å². The summed E-state index contributed by atoms with van der Waals surface area (Å²) in [6.45, 7) is 0.0269. The monoisotopic (exact) mass is 522 g/mol. The molecule has 0 saturated carbocycles. The fourth-order valence-electron chi connectivity index (χ4n) is 3.71. The summed E-state index contributed by atoms with van der Waals surface area (Å²) in [5.41, 5.74) is 2.39. The van der Waals surface area contributed by atoms with Crippen molar-refractivity contribution in [1.29, 1.82) is 0 Å². The second-order valence-corrected chi connectivity index (χ2v) is 8.34. The molecule has 0 unspecified atom stereocenters. The molecule has 12 nitrogen and oxygen atoms in total. The molecule has 2 aliphatic rings. The molecular weight excluding hydrogens is 496 g/mol. The van der Waals surface area contributed by atoms with Gasteiger partial charge in [0.2, 0.25) is 5.91 Å². The van der Waals surface area contributed by atoms with Crippen LogP contribution in [0.25, 0.3) is 0 Å². The lowest BCUT2D eigenvalue weighted by molar-refractivity contribution is -0.198. The number of amides is 4. The SMILES string of the molecule is O=C(COc1ccccc1C1=Nc2ccccc2NC(=O)C1)NCCOCCC(=O)ON1C(=O)CCC1=O. The average Bonchev–Trinajstić information content (AvgIpc) is 3.11. The standard InChI is InChI=1S/C26H26N4O8/c31-22-15-20(28-18-6-2-3-7-19(18)29-22)17-5-1-4-8-21(17)37-16-23(32)27-12-14-36-13-11-26(35)38-30-24(33)9-10-25(30)34/h1-8H,9-16H2,(H,27,32)(H,29,31). The second-order valence-electron chi connectivity index (χ2n) is 8.34. The molecule has 0 aliphatic carbocycles. The van der Waals surface area contributed by atoms with E-state index in [1.165, 1.54) is 0 Å². The number of ether oxygens (including phenoxy) is 2. The molecule has 12 heteroatoms. The van der Waals surface area contributed by atoms with Crippen LogP contribution >= 0.6 is 0 Å². The summed E-state index contributed by atoms with van der Waals surface area (Å²) in [4.78, 5) is 68.6.